The van der Waals surface area contributed by atoms with Crippen molar-refractivity contribution < 1.29 is 14.3 Å². The van der Waals surface area contributed by atoms with Gasteiger partial charge in [-0.1, -0.05) is 29.8 Å². The number of benzene rings is 2. The summed E-state index contributed by atoms with van der Waals surface area (Å²) in [6.45, 7) is 2.88. The van der Waals surface area contributed by atoms with Crippen LogP contribution in [-0.4, -0.2) is 19.2 Å². The van der Waals surface area contributed by atoms with Crippen molar-refractivity contribution >= 4 is 23.3 Å². The van der Waals surface area contributed by atoms with Crippen molar-refractivity contribution in [1.82, 2.24) is 0 Å². The fourth-order valence-electron chi connectivity index (χ4n) is 3.85. The largest absolute Gasteiger partial charge is 0.462 e. The summed E-state index contributed by atoms with van der Waals surface area (Å²) >= 11 is 6.43. The molecule has 4 nitrogen and oxygen atoms in total. The molecule has 0 bridgehead atoms. The van der Waals surface area contributed by atoms with Crippen LogP contribution in [0.3, 0.4) is 0 Å². The molecular formula is C20H20ClNO3. The van der Waals surface area contributed by atoms with Gasteiger partial charge in [-0.2, -0.15) is 0 Å². The number of hydrogen-bond acceptors (Lipinski definition) is 4. The van der Waals surface area contributed by atoms with Crippen molar-refractivity contribution in [3.8, 4) is 0 Å². The maximum absolute atomic E-state index is 12.1. The molecule has 4 rings (SSSR count). The van der Waals surface area contributed by atoms with E-state index in [0.717, 1.165) is 28.3 Å². The van der Waals surface area contributed by atoms with E-state index >= 15 is 0 Å². The van der Waals surface area contributed by atoms with Crippen molar-refractivity contribution in [3.63, 3.8) is 0 Å². The van der Waals surface area contributed by atoms with Gasteiger partial charge in [0.25, 0.3) is 0 Å². The normalized spacial score (nSPS) is 24.2. The number of halogens is 1. The summed E-state index contributed by atoms with van der Waals surface area (Å²) in [6, 6.07) is 13.7. The Bertz CT molecular complexity index is 807. The second kappa shape index (κ2) is 6.70. The zero-order valence-corrected chi connectivity index (χ0v) is 14.8. The number of carbonyl (C=O) groups excluding carboxylic acids is 1. The Morgan fingerprint density at radius 2 is 2.12 bits per heavy atom. The Balaban J connectivity index is 1.73. The van der Waals surface area contributed by atoms with Crippen molar-refractivity contribution in [1.29, 1.82) is 0 Å². The number of fused-ring (bicyclic) bond motifs is 3. The molecule has 5 heteroatoms. The highest BCUT2D eigenvalue weighted by atomic mass is 35.5. The highest BCUT2D eigenvalue weighted by Crippen LogP contribution is 2.50. The van der Waals surface area contributed by atoms with Crippen LogP contribution in [0.25, 0.3) is 0 Å². The average molecular weight is 358 g/mol. The number of esters is 1. The van der Waals surface area contributed by atoms with Gasteiger partial charge in [0, 0.05) is 28.8 Å². The molecule has 2 aromatic carbocycles. The first-order valence-electron chi connectivity index (χ1n) is 8.62. The molecule has 0 aromatic heterocycles. The topological polar surface area (TPSA) is 47.6 Å². The molecule has 2 heterocycles. The van der Waals surface area contributed by atoms with Crippen LogP contribution >= 0.6 is 11.6 Å². The summed E-state index contributed by atoms with van der Waals surface area (Å²) in [5.41, 5.74) is 3.66. The molecule has 1 N–H and O–H groups in total. The molecule has 0 saturated carbocycles. The molecule has 2 aliphatic heterocycles. The Kier molecular flexibility index (Phi) is 4.40. The number of ether oxygens (including phenoxy) is 2. The van der Waals surface area contributed by atoms with Crippen molar-refractivity contribution in [2.45, 2.75) is 25.5 Å². The number of rotatable bonds is 3. The lowest BCUT2D eigenvalue weighted by Crippen LogP contribution is -2.29. The van der Waals surface area contributed by atoms with E-state index in [0.29, 0.717) is 18.8 Å². The third kappa shape index (κ3) is 2.90. The van der Waals surface area contributed by atoms with E-state index in [1.165, 1.54) is 0 Å². The summed E-state index contributed by atoms with van der Waals surface area (Å²) in [6.07, 6.45) is 0.920. The van der Waals surface area contributed by atoms with Crippen LogP contribution in [0.2, 0.25) is 5.02 Å². The molecule has 0 unspecified atom stereocenters. The zero-order valence-electron chi connectivity index (χ0n) is 14.0. The van der Waals surface area contributed by atoms with Crippen LogP contribution < -0.4 is 5.32 Å². The molecule has 0 amide bonds. The SMILES string of the molecule is CCOC(=O)c1ccc2c(c1)[C@@H]1OCC[C@@H]1[C@H](c1ccccc1Cl)N2. The van der Waals surface area contributed by atoms with Gasteiger partial charge in [0.2, 0.25) is 0 Å². The molecule has 0 aliphatic carbocycles. The van der Waals surface area contributed by atoms with E-state index in [4.69, 9.17) is 21.1 Å². The van der Waals surface area contributed by atoms with E-state index < -0.39 is 0 Å². The monoisotopic (exact) mass is 357 g/mol. The lowest BCUT2D eigenvalue weighted by molar-refractivity contribution is 0.0525. The van der Waals surface area contributed by atoms with Gasteiger partial charge in [0.1, 0.15) is 0 Å². The van der Waals surface area contributed by atoms with E-state index in [-0.39, 0.29) is 24.0 Å². The third-order valence-electron chi connectivity index (χ3n) is 4.99. The summed E-state index contributed by atoms with van der Waals surface area (Å²) < 4.78 is 11.2. The second-order valence-electron chi connectivity index (χ2n) is 6.41. The lowest BCUT2D eigenvalue weighted by Gasteiger charge is -2.37. The summed E-state index contributed by atoms with van der Waals surface area (Å²) in [7, 11) is 0. The number of carbonyl (C=O) groups is 1. The molecule has 1 saturated heterocycles. The maximum Gasteiger partial charge on any atom is 0.338 e. The summed E-state index contributed by atoms with van der Waals surface area (Å²) in [5, 5.41) is 4.37. The van der Waals surface area contributed by atoms with Gasteiger partial charge >= 0.3 is 5.97 Å². The standard InChI is InChI=1S/C20H20ClNO3/c1-2-24-20(23)12-7-8-17-15(11-12)19-14(9-10-25-19)18(22-17)13-5-3-4-6-16(13)21/h3-8,11,14,18-19,22H,2,9-10H2,1H3/t14-,18+,19-/m1/s1. The first kappa shape index (κ1) is 16.4. The van der Waals surface area contributed by atoms with Gasteiger partial charge in [-0.25, -0.2) is 4.79 Å². The minimum Gasteiger partial charge on any atom is -0.462 e. The number of hydrogen-bond donors (Lipinski definition) is 1. The van der Waals surface area contributed by atoms with Gasteiger partial charge in [0.05, 0.1) is 24.3 Å². The Labute approximate surface area is 152 Å². The fraction of sp³-hybridized carbons (Fsp3) is 0.350. The van der Waals surface area contributed by atoms with Crippen LogP contribution in [0.15, 0.2) is 42.5 Å². The van der Waals surface area contributed by atoms with E-state index in [9.17, 15) is 4.79 Å². The minimum absolute atomic E-state index is 0.0353. The van der Waals surface area contributed by atoms with E-state index in [1.807, 2.05) is 37.3 Å². The number of nitrogens with one attached hydrogen (secondary N) is 1. The quantitative estimate of drug-likeness (QED) is 0.804. The van der Waals surface area contributed by atoms with Gasteiger partial charge in [0.15, 0.2) is 0 Å². The minimum atomic E-state index is -0.298. The van der Waals surface area contributed by atoms with Crippen molar-refractivity contribution in [2.75, 3.05) is 18.5 Å². The van der Waals surface area contributed by atoms with Crippen LogP contribution in [0.5, 0.6) is 0 Å². The fourth-order valence-corrected chi connectivity index (χ4v) is 4.10. The van der Waals surface area contributed by atoms with Gasteiger partial charge in [-0.3, -0.25) is 0 Å². The summed E-state index contributed by atoms with van der Waals surface area (Å²) in [5.74, 6) is -0.0158. The van der Waals surface area contributed by atoms with E-state index in [2.05, 4.69) is 11.4 Å². The Morgan fingerprint density at radius 3 is 2.92 bits per heavy atom. The van der Waals surface area contributed by atoms with Gasteiger partial charge in [-0.15, -0.1) is 0 Å². The van der Waals surface area contributed by atoms with Crippen LogP contribution in [0.4, 0.5) is 5.69 Å². The third-order valence-corrected chi connectivity index (χ3v) is 5.33. The van der Waals surface area contributed by atoms with Crippen molar-refractivity contribution in [2.24, 2.45) is 5.92 Å². The molecule has 2 aliphatic rings. The second-order valence-corrected chi connectivity index (χ2v) is 6.82. The zero-order chi connectivity index (χ0) is 17.4. The molecule has 1 fully saturated rings. The maximum atomic E-state index is 12.1. The average Bonchev–Trinajstić information content (AvgIpc) is 3.11. The van der Waals surface area contributed by atoms with Crippen molar-refractivity contribution in [3.05, 3.63) is 64.2 Å². The van der Waals surface area contributed by atoms with Crippen LogP contribution in [-0.2, 0) is 9.47 Å². The van der Waals surface area contributed by atoms with Crippen LogP contribution in [0.1, 0.15) is 47.0 Å². The first-order valence-corrected chi connectivity index (χ1v) is 9.00. The molecule has 3 atom stereocenters. The Hall–Kier alpha value is -2.04. The number of anilines is 1. The Morgan fingerprint density at radius 1 is 1.28 bits per heavy atom. The predicted octanol–water partition coefficient (Wildman–Crippen LogP) is 4.76. The van der Waals surface area contributed by atoms with E-state index in [1.54, 1.807) is 6.07 Å². The summed E-state index contributed by atoms with van der Waals surface area (Å²) in [4.78, 5) is 12.1. The molecule has 0 radical (unpaired) electrons. The van der Waals surface area contributed by atoms with Gasteiger partial charge in [-0.05, 0) is 43.2 Å². The van der Waals surface area contributed by atoms with Gasteiger partial charge < -0.3 is 14.8 Å². The smallest absolute Gasteiger partial charge is 0.338 e. The predicted molar refractivity (Wildman–Crippen MR) is 97.0 cm³/mol. The molecule has 0 spiro atoms. The lowest BCUT2D eigenvalue weighted by atomic mass is 9.80. The van der Waals surface area contributed by atoms with Crippen LogP contribution in [0, 0.1) is 5.92 Å². The highest BCUT2D eigenvalue weighted by molar-refractivity contribution is 6.31. The molecule has 130 valence electrons. The molecular weight excluding hydrogens is 338 g/mol. The molecule has 25 heavy (non-hydrogen) atoms. The first-order chi connectivity index (χ1) is 12.2. The highest BCUT2D eigenvalue weighted by Gasteiger charge is 2.42. The molecule has 2 aromatic rings.